The molecule has 0 fully saturated rings. The number of amides is 1. The van der Waals surface area contributed by atoms with Crippen LogP contribution in [0.2, 0.25) is 0 Å². The van der Waals surface area contributed by atoms with Gasteiger partial charge in [-0.05, 0) is 51.4 Å². The number of allylic oxidation sites excluding steroid dienone is 4. The molecule has 0 aromatic heterocycles. The molecule has 6 heteroatoms. The molecule has 63 heavy (non-hydrogen) atoms. The quantitative estimate of drug-likeness (QED) is 0.0321. The summed E-state index contributed by atoms with van der Waals surface area (Å²) in [4.78, 5) is 26.1. The van der Waals surface area contributed by atoms with E-state index >= 15 is 0 Å². The SMILES string of the molecule is CCCCCCCCC/C=C/C=C/CCCCCCCC(=O)OC(CCCCCCCCCCC)CC(=O)NC(CO)C(O)CCCCCCCCCCCCCCCCCCC. The Hall–Kier alpha value is -1.66. The van der Waals surface area contributed by atoms with Crippen molar-refractivity contribution in [3.63, 3.8) is 0 Å². The normalized spacial score (nSPS) is 13.3. The molecule has 0 saturated heterocycles. The van der Waals surface area contributed by atoms with Crippen molar-refractivity contribution in [3.8, 4) is 0 Å². The molecule has 0 aliphatic rings. The monoisotopic (exact) mass is 888 g/mol. The minimum absolute atomic E-state index is 0.0763. The predicted octanol–water partition coefficient (Wildman–Crippen LogP) is 17.1. The number of hydrogen-bond donors (Lipinski definition) is 3. The molecule has 0 heterocycles. The first kappa shape index (κ1) is 61.3. The molecule has 0 radical (unpaired) electrons. The lowest BCUT2D eigenvalue weighted by atomic mass is 10.0. The maximum absolute atomic E-state index is 13.2. The first-order chi connectivity index (χ1) is 31.0. The Morgan fingerprint density at radius 2 is 0.794 bits per heavy atom. The van der Waals surface area contributed by atoms with E-state index < -0.39 is 18.2 Å². The van der Waals surface area contributed by atoms with Crippen LogP contribution >= 0.6 is 0 Å². The van der Waals surface area contributed by atoms with Crippen molar-refractivity contribution in [2.45, 2.75) is 322 Å². The molecule has 0 aromatic carbocycles. The molecule has 0 aliphatic carbocycles. The number of hydrogen-bond acceptors (Lipinski definition) is 5. The maximum atomic E-state index is 13.2. The van der Waals surface area contributed by atoms with Crippen LogP contribution in [0.15, 0.2) is 24.3 Å². The summed E-state index contributed by atoms with van der Waals surface area (Å²) in [5, 5.41) is 23.8. The van der Waals surface area contributed by atoms with Crippen molar-refractivity contribution >= 4 is 11.9 Å². The molecule has 3 unspecified atom stereocenters. The molecular formula is C57H109NO5. The van der Waals surface area contributed by atoms with Crippen LogP contribution in [0, 0.1) is 0 Å². The van der Waals surface area contributed by atoms with E-state index in [1.54, 1.807) is 0 Å². The lowest BCUT2D eigenvalue weighted by Gasteiger charge is -2.24. The standard InChI is InChI=1S/C57H109NO5/c1-4-7-10-13-16-19-21-23-25-27-29-31-33-35-38-41-44-47-50-57(62)63-53(48-45-42-39-36-18-15-12-9-6-3)51-56(61)58-54(52-59)55(60)49-46-43-40-37-34-32-30-28-26-24-22-20-17-14-11-8-5-2/h25,27,29,31,53-55,59-60H,4-24,26,28,30,32-52H2,1-3H3,(H,58,61)/b27-25+,31-29+. The summed E-state index contributed by atoms with van der Waals surface area (Å²) in [7, 11) is 0. The van der Waals surface area contributed by atoms with Crippen molar-refractivity contribution in [2.24, 2.45) is 0 Å². The molecule has 0 spiro atoms. The highest BCUT2D eigenvalue weighted by atomic mass is 16.5. The Bertz CT molecular complexity index is 997. The number of ether oxygens (including phenoxy) is 1. The van der Waals surface area contributed by atoms with Gasteiger partial charge in [-0.15, -0.1) is 0 Å². The topological polar surface area (TPSA) is 95.9 Å². The summed E-state index contributed by atoms with van der Waals surface area (Å²) in [5.74, 6) is -0.477. The van der Waals surface area contributed by atoms with Crippen LogP contribution in [0.1, 0.15) is 303 Å². The van der Waals surface area contributed by atoms with E-state index in [4.69, 9.17) is 4.74 Å². The van der Waals surface area contributed by atoms with E-state index in [9.17, 15) is 19.8 Å². The van der Waals surface area contributed by atoms with Gasteiger partial charge in [-0.25, -0.2) is 0 Å². The smallest absolute Gasteiger partial charge is 0.306 e. The van der Waals surface area contributed by atoms with E-state index in [2.05, 4.69) is 50.4 Å². The van der Waals surface area contributed by atoms with Crippen LogP contribution in [0.3, 0.4) is 0 Å². The largest absolute Gasteiger partial charge is 0.462 e. The molecule has 6 nitrogen and oxygen atoms in total. The first-order valence-corrected chi connectivity index (χ1v) is 28.1. The Balaban J connectivity index is 4.39. The van der Waals surface area contributed by atoms with Gasteiger partial charge in [0.05, 0.1) is 25.2 Å². The van der Waals surface area contributed by atoms with E-state index in [0.29, 0.717) is 19.3 Å². The number of carbonyl (C=O) groups is 2. The van der Waals surface area contributed by atoms with Crippen LogP contribution < -0.4 is 5.32 Å². The Kier molecular flexibility index (Phi) is 50.0. The number of esters is 1. The fourth-order valence-electron chi connectivity index (χ4n) is 8.78. The van der Waals surface area contributed by atoms with Crippen molar-refractivity contribution in [2.75, 3.05) is 6.61 Å². The van der Waals surface area contributed by atoms with Crippen molar-refractivity contribution < 1.29 is 24.5 Å². The molecule has 0 aromatic rings. The van der Waals surface area contributed by atoms with Gasteiger partial charge in [0, 0.05) is 6.42 Å². The lowest BCUT2D eigenvalue weighted by Crippen LogP contribution is -2.46. The molecule has 0 rings (SSSR count). The molecule has 372 valence electrons. The Morgan fingerprint density at radius 3 is 1.17 bits per heavy atom. The molecule has 0 saturated carbocycles. The van der Waals surface area contributed by atoms with E-state index in [-0.39, 0.29) is 24.9 Å². The van der Waals surface area contributed by atoms with Gasteiger partial charge in [0.2, 0.25) is 5.91 Å². The third kappa shape index (κ3) is 46.7. The first-order valence-electron chi connectivity index (χ1n) is 28.1. The Morgan fingerprint density at radius 1 is 0.460 bits per heavy atom. The molecule has 3 N–H and O–H groups in total. The number of rotatable bonds is 51. The minimum atomic E-state index is -0.786. The van der Waals surface area contributed by atoms with Crippen molar-refractivity contribution in [3.05, 3.63) is 24.3 Å². The van der Waals surface area contributed by atoms with Gasteiger partial charge in [0.1, 0.15) is 6.10 Å². The average molecular weight is 889 g/mol. The predicted molar refractivity (Wildman–Crippen MR) is 273 cm³/mol. The number of nitrogens with one attached hydrogen (secondary N) is 1. The number of aliphatic hydroxyl groups is 2. The van der Waals surface area contributed by atoms with Gasteiger partial charge in [-0.1, -0.05) is 263 Å². The molecular weight excluding hydrogens is 779 g/mol. The van der Waals surface area contributed by atoms with Gasteiger partial charge in [0.25, 0.3) is 0 Å². The van der Waals surface area contributed by atoms with Crippen LogP contribution in [0.25, 0.3) is 0 Å². The zero-order valence-corrected chi connectivity index (χ0v) is 42.5. The van der Waals surface area contributed by atoms with Crippen molar-refractivity contribution in [1.82, 2.24) is 5.32 Å². The average Bonchev–Trinajstić information content (AvgIpc) is 3.28. The van der Waals surface area contributed by atoms with E-state index in [1.807, 2.05) is 0 Å². The fraction of sp³-hybridized carbons (Fsp3) is 0.895. The van der Waals surface area contributed by atoms with Crippen LogP contribution in [-0.2, 0) is 14.3 Å². The van der Waals surface area contributed by atoms with E-state index in [1.165, 1.54) is 205 Å². The summed E-state index contributed by atoms with van der Waals surface area (Å²) >= 11 is 0. The number of unbranched alkanes of at least 4 members (excludes halogenated alkanes) is 36. The third-order valence-electron chi connectivity index (χ3n) is 13.1. The lowest BCUT2D eigenvalue weighted by molar-refractivity contribution is -0.151. The van der Waals surface area contributed by atoms with Crippen molar-refractivity contribution in [1.29, 1.82) is 0 Å². The summed E-state index contributed by atoms with van der Waals surface area (Å²) < 4.78 is 5.93. The number of carbonyl (C=O) groups excluding carboxylic acids is 2. The van der Waals surface area contributed by atoms with Gasteiger partial charge in [0.15, 0.2) is 0 Å². The third-order valence-corrected chi connectivity index (χ3v) is 13.1. The van der Waals surface area contributed by atoms with Gasteiger partial charge >= 0.3 is 5.97 Å². The zero-order valence-electron chi connectivity index (χ0n) is 42.5. The van der Waals surface area contributed by atoms with Crippen LogP contribution in [0.5, 0.6) is 0 Å². The summed E-state index contributed by atoms with van der Waals surface area (Å²) in [6.45, 7) is 6.49. The van der Waals surface area contributed by atoms with Gasteiger partial charge in [-0.3, -0.25) is 9.59 Å². The van der Waals surface area contributed by atoms with E-state index in [0.717, 1.165) is 51.4 Å². The molecule has 0 aliphatic heterocycles. The second-order valence-corrected chi connectivity index (χ2v) is 19.4. The summed E-state index contributed by atoms with van der Waals surface area (Å²) in [5.41, 5.74) is 0. The van der Waals surface area contributed by atoms with Crippen LogP contribution in [-0.4, -0.2) is 46.9 Å². The van der Waals surface area contributed by atoms with Gasteiger partial charge < -0.3 is 20.3 Å². The highest BCUT2D eigenvalue weighted by Crippen LogP contribution is 2.18. The zero-order chi connectivity index (χ0) is 45.9. The Labute approximate surface area is 392 Å². The summed E-state index contributed by atoms with van der Waals surface area (Å²) in [6, 6.07) is -0.700. The highest BCUT2D eigenvalue weighted by molar-refractivity contribution is 5.77. The molecule has 3 atom stereocenters. The fourth-order valence-corrected chi connectivity index (χ4v) is 8.78. The van der Waals surface area contributed by atoms with Crippen LogP contribution in [0.4, 0.5) is 0 Å². The maximum Gasteiger partial charge on any atom is 0.306 e. The minimum Gasteiger partial charge on any atom is -0.462 e. The highest BCUT2D eigenvalue weighted by Gasteiger charge is 2.24. The summed E-state index contributed by atoms with van der Waals surface area (Å²) in [6.07, 6.45) is 59.6. The second-order valence-electron chi connectivity index (χ2n) is 19.4. The molecule has 1 amide bonds. The second kappa shape index (κ2) is 51.3. The molecule has 0 bridgehead atoms. The number of aliphatic hydroxyl groups excluding tert-OH is 2. The van der Waals surface area contributed by atoms with Gasteiger partial charge in [-0.2, -0.15) is 0 Å².